The number of hydrogen-bond donors (Lipinski definition) is 3. The van der Waals surface area contributed by atoms with Gasteiger partial charge in [0.1, 0.15) is 6.61 Å². The van der Waals surface area contributed by atoms with E-state index >= 15 is 0 Å². The van der Waals surface area contributed by atoms with Crippen molar-refractivity contribution < 1.29 is 14.6 Å². The molecule has 0 unspecified atom stereocenters. The Labute approximate surface area is 169 Å². The van der Waals surface area contributed by atoms with Gasteiger partial charge in [-0.3, -0.25) is 0 Å². The normalized spacial score (nSPS) is 16.6. The first kappa shape index (κ1) is 22.4. The summed E-state index contributed by atoms with van der Waals surface area (Å²) in [4.78, 5) is 9.04. The number of ether oxygens (including phenoxy) is 2. The van der Waals surface area contributed by atoms with Crippen LogP contribution in [0.5, 0.6) is 5.88 Å². The first-order valence-electron chi connectivity index (χ1n) is 10.4. The molecule has 0 atom stereocenters. The number of aliphatic imine (C=N–C) groups is 1. The average Bonchev–Trinajstić information content (AvgIpc) is 2.72. The van der Waals surface area contributed by atoms with Crippen LogP contribution in [0.1, 0.15) is 51.0 Å². The van der Waals surface area contributed by atoms with Crippen molar-refractivity contribution in [1.82, 2.24) is 15.6 Å². The summed E-state index contributed by atoms with van der Waals surface area (Å²) in [6, 6.07) is 3.88. The molecule has 2 rings (SSSR count). The Kier molecular flexibility index (Phi) is 10.1. The van der Waals surface area contributed by atoms with E-state index in [2.05, 4.69) is 22.5 Å². The van der Waals surface area contributed by atoms with Gasteiger partial charge in [0.2, 0.25) is 5.88 Å². The number of aliphatic hydroxyl groups is 1. The van der Waals surface area contributed by atoms with Crippen molar-refractivity contribution in [2.45, 2.75) is 52.0 Å². The number of guanidine groups is 1. The predicted octanol–water partition coefficient (Wildman–Crippen LogP) is 2.49. The Morgan fingerprint density at radius 2 is 2.07 bits per heavy atom. The second kappa shape index (κ2) is 12.6. The SMILES string of the molecule is CCNC(=NCc1cccnc1OCCOC)NCC1(CCO)CCCCC1. The summed E-state index contributed by atoms with van der Waals surface area (Å²) in [6.45, 7) is 5.41. The maximum Gasteiger partial charge on any atom is 0.218 e. The standard InChI is InChI=1S/C21H36N4O3/c1-3-22-20(25-17-21(11-13-26)9-5-4-6-10-21)24-16-18-8-7-12-23-19(18)28-15-14-27-2/h7-8,12,26H,3-6,9-11,13-17H2,1-2H3,(H2,22,24,25). The minimum atomic E-state index is 0.173. The fraction of sp³-hybridized carbons (Fsp3) is 0.714. The van der Waals surface area contributed by atoms with E-state index in [0.29, 0.717) is 25.6 Å². The third kappa shape index (κ3) is 7.28. The zero-order valence-corrected chi connectivity index (χ0v) is 17.4. The van der Waals surface area contributed by atoms with E-state index in [-0.39, 0.29) is 12.0 Å². The van der Waals surface area contributed by atoms with Crippen molar-refractivity contribution in [3.05, 3.63) is 23.9 Å². The molecule has 1 saturated carbocycles. The van der Waals surface area contributed by atoms with Gasteiger partial charge in [0.15, 0.2) is 5.96 Å². The van der Waals surface area contributed by atoms with Crippen LogP contribution in [0.4, 0.5) is 0 Å². The molecule has 0 spiro atoms. The van der Waals surface area contributed by atoms with Crippen molar-refractivity contribution >= 4 is 5.96 Å². The van der Waals surface area contributed by atoms with Crippen LogP contribution in [0, 0.1) is 5.41 Å². The van der Waals surface area contributed by atoms with Crippen LogP contribution in [0.25, 0.3) is 0 Å². The van der Waals surface area contributed by atoms with E-state index in [9.17, 15) is 5.11 Å². The minimum absolute atomic E-state index is 0.173. The third-order valence-corrected chi connectivity index (χ3v) is 5.32. The Morgan fingerprint density at radius 1 is 1.25 bits per heavy atom. The number of rotatable bonds is 11. The summed E-state index contributed by atoms with van der Waals surface area (Å²) < 4.78 is 10.7. The second-order valence-electron chi connectivity index (χ2n) is 7.39. The summed E-state index contributed by atoms with van der Waals surface area (Å²) >= 11 is 0. The zero-order chi connectivity index (χ0) is 20.1. The monoisotopic (exact) mass is 392 g/mol. The van der Waals surface area contributed by atoms with Crippen molar-refractivity contribution in [3.8, 4) is 5.88 Å². The Hall–Kier alpha value is -1.86. The molecule has 0 saturated heterocycles. The molecule has 1 aromatic rings. The molecule has 0 bridgehead atoms. The van der Waals surface area contributed by atoms with Crippen LogP contribution in [0.2, 0.25) is 0 Å². The highest BCUT2D eigenvalue weighted by atomic mass is 16.5. The predicted molar refractivity (Wildman–Crippen MR) is 112 cm³/mol. The van der Waals surface area contributed by atoms with Crippen molar-refractivity contribution in [3.63, 3.8) is 0 Å². The molecule has 1 aromatic heterocycles. The van der Waals surface area contributed by atoms with Crippen molar-refractivity contribution in [2.24, 2.45) is 10.4 Å². The van der Waals surface area contributed by atoms with Gasteiger partial charge in [-0.15, -0.1) is 0 Å². The van der Waals surface area contributed by atoms with Crippen molar-refractivity contribution in [1.29, 1.82) is 0 Å². The fourth-order valence-electron chi connectivity index (χ4n) is 3.73. The van der Waals surface area contributed by atoms with Crippen LogP contribution >= 0.6 is 0 Å². The molecule has 1 fully saturated rings. The number of methoxy groups -OCH3 is 1. The molecule has 0 radical (unpaired) electrons. The van der Waals surface area contributed by atoms with Gasteiger partial charge in [0.05, 0.1) is 13.2 Å². The number of hydrogen-bond acceptors (Lipinski definition) is 5. The lowest BCUT2D eigenvalue weighted by atomic mass is 9.72. The van der Waals surface area contributed by atoms with E-state index in [1.807, 2.05) is 12.1 Å². The molecule has 7 heteroatoms. The number of aliphatic hydroxyl groups excluding tert-OH is 1. The molecule has 28 heavy (non-hydrogen) atoms. The maximum absolute atomic E-state index is 9.52. The van der Waals surface area contributed by atoms with E-state index in [1.165, 1.54) is 32.1 Å². The topological polar surface area (TPSA) is 88.0 Å². The quantitative estimate of drug-likeness (QED) is 0.305. The summed E-state index contributed by atoms with van der Waals surface area (Å²) in [6.07, 6.45) is 8.69. The van der Waals surface area contributed by atoms with E-state index < -0.39 is 0 Å². The molecule has 0 amide bonds. The fourth-order valence-corrected chi connectivity index (χ4v) is 3.73. The van der Waals surface area contributed by atoms with Gasteiger partial charge in [0.25, 0.3) is 0 Å². The van der Waals surface area contributed by atoms with Crippen LogP contribution in [0.15, 0.2) is 23.3 Å². The van der Waals surface area contributed by atoms with Gasteiger partial charge in [0, 0.05) is 38.6 Å². The average molecular weight is 393 g/mol. The van der Waals surface area contributed by atoms with E-state index in [4.69, 9.17) is 14.5 Å². The van der Waals surface area contributed by atoms with Gasteiger partial charge >= 0.3 is 0 Å². The Balaban J connectivity index is 2.00. The van der Waals surface area contributed by atoms with Crippen LogP contribution in [0.3, 0.4) is 0 Å². The number of aromatic nitrogens is 1. The summed E-state index contributed by atoms with van der Waals surface area (Å²) in [5.74, 6) is 1.39. The summed E-state index contributed by atoms with van der Waals surface area (Å²) in [5, 5.41) is 16.3. The van der Waals surface area contributed by atoms with Gasteiger partial charge in [-0.1, -0.05) is 25.3 Å². The number of nitrogens with one attached hydrogen (secondary N) is 2. The molecule has 158 valence electrons. The summed E-state index contributed by atoms with van der Waals surface area (Å²) in [7, 11) is 1.65. The smallest absolute Gasteiger partial charge is 0.218 e. The highest BCUT2D eigenvalue weighted by molar-refractivity contribution is 5.79. The van der Waals surface area contributed by atoms with E-state index in [0.717, 1.165) is 31.0 Å². The molecule has 1 aliphatic rings. The zero-order valence-electron chi connectivity index (χ0n) is 17.4. The maximum atomic E-state index is 9.52. The van der Waals surface area contributed by atoms with Gasteiger partial charge in [-0.05, 0) is 37.7 Å². The minimum Gasteiger partial charge on any atom is -0.475 e. The highest BCUT2D eigenvalue weighted by Crippen LogP contribution is 2.38. The van der Waals surface area contributed by atoms with E-state index in [1.54, 1.807) is 13.3 Å². The largest absolute Gasteiger partial charge is 0.475 e. The molecule has 0 aromatic carbocycles. The van der Waals surface area contributed by atoms with Gasteiger partial charge < -0.3 is 25.2 Å². The lowest BCUT2D eigenvalue weighted by molar-refractivity contribution is 0.131. The lowest BCUT2D eigenvalue weighted by Gasteiger charge is -2.37. The molecular weight excluding hydrogens is 356 g/mol. The summed E-state index contributed by atoms with van der Waals surface area (Å²) in [5.41, 5.74) is 1.12. The van der Waals surface area contributed by atoms with Crippen LogP contribution in [-0.2, 0) is 11.3 Å². The van der Waals surface area contributed by atoms with Gasteiger partial charge in [-0.2, -0.15) is 0 Å². The third-order valence-electron chi connectivity index (χ3n) is 5.32. The molecule has 0 aliphatic heterocycles. The number of pyridine rings is 1. The van der Waals surface area contributed by atoms with Gasteiger partial charge in [-0.25, -0.2) is 9.98 Å². The Morgan fingerprint density at radius 3 is 2.79 bits per heavy atom. The Bertz CT molecular complexity index is 583. The second-order valence-corrected chi connectivity index (χ2v) is 7.39. The molecule has 3 N–H and O–H groups in total. The molecular formula is C21H36N4O3. The molecule has 1 heterocycles. The van der Waals surface area contributed by atoms with Crippen molar-refractivity contribution in [2.75, 3.05) is 40.0 Å². The lowest BCUT2D eigenvalue weighted by Crippen LogP contribution is -2.45. The number of nitrogens with zero attached hydrogens (tertiary/aromatic N) is 2. The van der Waals surface area contributed by atoms with Crippen LogP contribution < -0.4 is 15.4 Å². The molecule has 1 aliphatic carbocycles. The molecule has 7 nitrogen and oxygen atoms in total. The van der Waals surface area contributed by atoms with Crippen LogP contribution in [-0.4, -0.2) is 56.1 Å². The first-order chi connectivity index (χ1) is 13.7. The highest BCUT2D eigenvalue weighted by Gasteiger charge is 2.31. The first-order valence-corrected chi connectivity index (χ1v) is 10.4.